The van der Waals surface area contributed by atoms with Gasteiger partial charge in [0.1, 0.15) is 18.5 Å². The fourth-order valence-electron chi connectivity index (χ4n) is 4.53. The second-order valence-corrected chi connectivity index (χ2v) is 9.64. The van der Waals surface area contributed by atoms with Crippen molar-refractivity contribution in [3.8, 4) is 11.6 Å². The van der Waals surface area contributed by atoms with Crippen LogP contribution in [0.3, 0.4) is 0 Å². The van der Waals surface area contributed by atoms with E-state index in [-0.39, 0.29) is 24.4 Å². The molecule has 0 N–H and O–H groups in total. The number of pyridine rings is 1. The van der Waals surface area contributed by atoms with Gasteiger partial charge in [0.25, 0.3) is 0 Å². The van der Waals surface area contributed by atoms with Gasteiger partial charge < -0.3 is 18.8 Å². The van der Waals surface area contributed by atoms with Crippen molar-refractivity contribution >= 4 is 28.6 Å². The quantitative estimate of drug-likeness (QED) is 0.286. The highest BCUT2D eigenvalue weighted by atomic mass is 35.5. The van der Waals surface area contributed by atoms with Crippen LogP contribution >= 0.6 is 11.6 Å². The van der Waals surface area contributed by atoms with E-state index in [0.29, 0.717) is 28.7 Å². The number of aryl methyl sites for hydroxylation is 1. The molecule has 5 rings (SSSR count). The minimum atomic E-state index is -0.513. The van der Waals surface area contributed by atoms with Crippen molar-refractivity contribution in [1.29, 1.82) is 0 Å². The summed E-state index contributed by atoms with van der Waals surface area (Å²) in [6.45, 7) is 2.55. The Morgan fingerprint density at radius 2 is 1.92 bits per heavy atom. The average molecular weight is 539 g/mol. The maximum absolute atomic E-state index is 14.0. The standard InChI is InChI=1S/C28H28ClFN4O4/c1-33-24-14-18(28(35)36-2)6-8-23(24)32-26(33)16-34-12-10-21(11-13-34)38-27-5-3-4-20(31-27)17-37-25-9-7-19(29)15-22(25)30/h3-9,14-15,21H,10-13,16-17H2,1-2H3. The number of benzene rings is 2. The molecule has 38 heavy (non-hydrogen) atoms. The van der Waals surface area contributed by atoms with E-state index in [1.165, 1.54) is 19.2 Å². The Kier molecular flexibility index (Phi) is 7.76. The van der Waals surface area contributed by atoms with Gasteiger partial charge in [0.15, 0.2) is 11.6 Å². The number of aromatic nitrogens is 3. The van der Waals surface area contributed by atoms with Crippen molar-refractivity contribution < 1.29 is 23.4 Å². The van der Waals surface area contributed by atoms with Crippen LogP contribution in [-0.4, -0.2) is 51.7 Å². The Labute approximate surface area is 224 Å². The number of carbonyl (C=O) groups is 1. The van der Waals surface area contributed by atoms with E-state index in [4.69, 9.17) is 30.8 Å². The van der Waals surface area contributed by atoms with Crippen LogP contribution in [0.25, 0.3) is 11.0 Å². The van der Waals surface area contributed by atoms with Gasteiger partial charge in [0.05, 0.1) is 35.9 Å². The van der Waals surface area contributed by atoms with Gasteiger partial charge in [-0.3, -0.25) is 4.90 Å². The Balaban J connectivity index is 1.15. The third-order valence-corrected chi connectivity index (χ3v) is 6.87. The molecule has 10 heteroatoms. The normalized spacial score (nSPS) is 14.5. The van der Waals surface area contributed by atoms with Gasteiger partial charge in [-0.15, -0.1) is 0 Å². The second kappa shape index (κ2) is 11.4. The molecule has 0 radical (unpaired) electrons. The summed E-state index contributed by atoms with van der Waals surface area (Å²) in [7, 11) is 3.34. The first-order valence-corrected chi connectivity index (χ1v) is 12.7. The topological polar surface area (TPSA) is 78.7 Å². The van der Waals surface area contributed by atoms with Crippen molar-refractivity contribution in [3.05, 3.63) is 82.5 Å². The van der Waals surface area contributed by atoms with Gasteiger partial charge >= 0.3 is 5.97 Å². The average Bonchev–Trinajstić information content (AvgIpc) is 3.23. The molecule has 198 valence electrons. The highest BCUT2D eigenvalue weighted by Gasteiger charge is 2.23. The lowest BCUT2D eigenvalue weighted by Gasteiger charge is -2.31. The third-order valence-electron chi connectivity index (χ3n) is 6.63. The van der Waals surface area contributed by atoms with Crippen LogP contribution in [-0.2, 0) is 24.9 Å². The van der Waals surface area contributed by atoms with E-state index in [1.807, 2.05) is 41.9 Å². The first kappa shape index (κ1) is 25.9. The fraction of sp³-hybridized carbons (Fsp3) is 0.321. The maximum atomic E-state index is 14.0. The summed E-state index contributed by atoms with van der Waals surface area (Å²) < 4.78 is 32.5. The van der Waals surface area contributed by atoms with Crippen LogP contribution in [0, 0.1) is 5.82 Å². The number of ether oxygens (including phenoxy) is 3. The first-order valence-electron chi connectivity index (χ1n) is 12.4. The molecule has 1 saturated heterocycles. The molecule has 0 spiro atoms. The van der Waals surface area contributed by atoms with E-state index in [0.717, 1.165) is 42.8 Å². The Morgan fingerprint density at radius 1 is 1.11 bits per heavy atom. The number of hydrogen-bond donors (Lipinski definition) is 0. The lowest BCUT2D eigenvalue weighted by atomic mass is 10.1. The zero-order chi connectivity index (χ0) is 26.6. The molecule has 8 nitrogen and oxygen atoms in total. The molecule has 3 heterocycles. The van der Waals surface area contributed by atoms with Crippen molar-refractivity contribution in [2.24, 2.45) is 7.05 Å². The SMILES string of the molecule is COC(=O)c1ccc2nc(CN3CCC(Oc4cccc(COc5ccc(Cl)cc5F)n4)CC3)n(C)c2c1. The zero-order valence-electron chi connectivity index (χ0n) is 21.2. The number of imidazole rings is 1. The summed E-state index contributed by atoms with van der Waals surface area (Å²) in [5.41, 5.74) is 2.90. The van der Waals surface area contributed by atoms with E-state index >= 15 is 0 Å². The number of rotatable bonds is 8. The largest absolute Gasteiger partial charge is 0.484 e. The minimum Gasteiger partial charge on any atom is -0.484 e. The summed E-state index contributed by atoms with van der Waals surface area (Å²) >= 11 is 5.79. The van der Waals surface area contributed by atoms with Crippen molar-refractivity contribution in [2.45, 2.75) is 32.1 Å². The van der Waals surface area contributed by atoms with Crippen LogP contribution in [0.15, 0.2) is 54.6 Å². The molecule has 0 bridgehead atoms. The monoisotopic (exact) mass is 538 g/mol. The molecule has 2 aromatic heterocycles. The summed E-state index contributed by atoms with van der Waals surface area (Å²) in [5, 5.41) is 0.317. The predicted octanol–water partition coefficient (Wildman–Crippen LogP) is 5.17. The van der Waals surface area contributed by atoms with Crippen molar-refractivity contribution in [1.82, 2.24) is 19.4 Å². The van der Waals surface area contributed by atoms with Crippen molar-refractivity contribution in [3.63, 3.8) is 0 Å². The molecule has 0 unspecified atom stereocenters. The molecule has 1 aliphatic heterocycles. The Hall–Kier alpha value is -3.69. The molecule has 4 aromatic rings. The highest BCUT2D eigenvalue weighted by Crippen LogP contribution is 2.24. The zero-order valence-corrected chi connectivity index (χ0v) is 21.9. The van der Waals surface area contributed by atoms with Gasteiger partial charge in [-0.05, 0) is 55.3 Å². The molecular formula is C28H28ClFN4O4. The number of hydrogen-bond acceptors (Lipinski definition) is 7. The minimum absolute atomic E-state index is 0.0479. The smallest absolute Gasteiger partial charge is 0.337 e. The maximum Gasteiger partial charge on any atom is 0.337 e. The summed E-state index contributed by atoms with van der Waals surface area (Å²) in [6, 6.07) is 15.2. The van der Waals surface area contributed by atoms with E-state index in [2.05, 4.69) is 9.88 Å². The number of likely N-dealkylation sites (tertiary alicyclic amines) is 1. The fourth-order valence-corrected chi connectivity index (χ4v) is 4.69. The van der Waals surface area contributed by atoms with Crippen LogP contribution in [0.4, 0.5) is 4.39 Å². The molecule has 0 aliphatic carbocycles. The van der Waals surface area contributed by atoms with Crippen LogP contribution in [0.5, 0.6) is 11.6 Å². The summed E-state index contributed by atoms with van der Waals surface area (Å²) in [4.78, 5) is 23.5. The number of piperidine rings is 1. The van der Waals surface area contributed by atoms with Crippen molar-refractivity contribution in [2.75, 3.05) is 20.2 Å². The highest BCUT2D eigenvalue weighted by molar-refractivity contribution is 6.30. The van der Waals surface area contributed by atoms with Gasteiger partial charge in [-0.1, -0.05) is 17.7 Å². The van der Waals surface area contributed by atoms with Crippen LogP contribution < -0.4 is 9.47 Å². The van der Waals surface area contributed by atoms with Crippen LogP contribution in [0.2, 0.25) is 5.02 Å². The molecular weight excluding hydrogens is 511 g/mol. The number of carbonyl (C=O) groups excluding carboxylic acids is 1. The molecule has 0 atom stereocenters. The Bertz CT molecular complexity index is 1450. The lowest BCUT2D eigenvalue weighted by molar-refractivity contribution is 0.0601. The molecule has 0 saturated carbocycles. The van der Waals surface area contributed by atoms with Gasteiger partial charge in [0.2, 0.25) is 5.88 Å². The number of nitrogens with zero attached hydrogens (tertiary/aromatic N) is 4. The summed E-state index contributed by atoms with van der Waals surface area (Å²) in [6.07, 6.45) is 1.76. The summed E-state index contributed by atoms with van der Waals surface area (Å²) in [5.74, 6) is 0.714. The van der Waals surface area contributed by atoms with E-state index in [9.17, 15) is 9.18 Å². The molecule has 1 fully saturated rings. The number of halogens is 2. The number of fused-ring (bicyclic) bond motifs is 1. The Morgan fingerprint density at radius 3 is 2.68 bits per heavy atom. The molecule has 2 aromatic carbocycles. The van der Waals surface area contributed by atoms with Gasteiger partial charge in [0, 0.05) is 31.2 Å². The van der Waals surface area contributed by atoms with E-state index < -0.39 is 5.82 Å². The van der Waals surface area contributed by atoms with Crippen LogP contribution in [0.1, 0.15) is 34.7 Å². The molecule has 0 amide bonds. The van der Waals surface area contributed by atoms with Gasteiger partial charge in [-0.25, -0.2) is 19.2 Å². The molecule has 1 aliphatic rings. The van der Waals surface area contributed by atoms with E-state index in [1.54, 1.807) is 12.1 Å². The second-order valence-electron chi connectivity index (χ2n) is 9.21. The van der Waals surface area contributed by atoms with Gasteiger partial charge in [-0.2, -0.15) is 0 Å². The lowest BCUT2D eigenvalue weighted by Crippen LogP contribution is -2.38. The predicted molar refractivity (Wildman–Crippen MR) is 141 cm³/mol. The number of esters is 1. The number of methoxy groups -OCH3 is 1. The third kappa shape index (κ3) is 5.89. The first-order chi connectivity index (χ1) is 18.4.